The minimum absolute atomic E-state index is 0.0259. The van der Waals surface area contributed by atoms with Crippen LogP contribution in [0.4, 0.5) is 5.82 Å². The number of hydrogen-bond donors (Lipinski definition) is 2. The monoisotopic (exact) mass is 241 g/mol. The molecular formula is C11H16ClN3O. The fourth-order valence-electron chi connectivity index (χ4n) is 1.52. The second-order valence-electron chi connectivity index (χ2n) is 4.14. The summed E-state index contributed by atoms with van der Waals surface area (Å²) in [6, 6.07) is 1.73. The van der Waals surface area contributed by atoms with Crippen LogP contribution in [0.2, 0.25) is 5.15 Å². The molecule has 1 aromatic heterocycles. The third-order valence-electron chi connectivity index (χ3n) is 2.72. The van der Waals surface area contributed by atoms with E-state index in [1.807, 2.05) is 6.92 Å². The van der Waals surface area contributed by atoms with Crippen molar-refractivity contribution in [1.82, 2.24) is 9.97 Å². The molecule has 1 saturated carbocycles. The predicted octanol–water partition coefficient (Wildman–Crippen LogP) is 2.19. The molecule has 0 unspecified atom stereocenters. The summed E-state index contributed by atoms with van der Waals surface area (Å²) in [5.41, 5.74) is 0. The average molecular weight is 242 g/mol. The number of nitrogens with zero attached hydrogens (tertiary/aromatic N) is 2. The molecule has 88 valence electrons. The lowest BCUT2D eigenvalue weighted by molar-refractivity contribution is 0.271. The Hall–Kier alpha value is -0.870. The maximum atomic E-state index is 9.11. The molecular weight excluding hydrogens is 226 g/mol. The smallest absolute Gasteiger partial charge is 0.135 e. The first kappa shape index (κ1) is 11.6. The highest BCUT2D eigenvalue weighted by molar-refractivity contribution is 6.29. The summed E-state index contributed by atoms with van der Waals surface area (Å²) < 4.78 is 0. The van der Waals surface area contributed by atoms with E-state index in [1.165, 1.54) is 0 Å². The topological polar surface area (TPSA) is 58.0 Å². The zero-order chi connectivity index (χ0) is 11.5. The van der Waals surface area contributed by atoms with Crippen LogP contribution in [0.1, 0.15) is 37.9 Å². The summed E-state index contributed by atoms with van der Waals surface area (Å²) in [7, 11) is 0. The number of anilines is 1. The number of aliphatic hydroxyl groups excluding tert-OH is 1. The van der Waals surface area contributed by atoms with Gasteiger partial charge < -0.3 is 10.4 Å². The van der Waals surface area contributed by atoms with E-state index >= 15 is 0 Å². The highest BCUT2D eigenvalue weighted by Gasteiger charge is 2.27. The number of halogens is 1. The van der Waals surface area contributed by atoms with Gasteiger partial charge in [-0.15, -0.1) is 0 Å². The van der Waals surface area contributed by atoms with Gasteiger partial charge in [-0.05, 0) is 19.3 Å². The molecule has 0 amide bonds. The molecule has 0 spiro atoms. The molecule has 16 heavy (non-hydrogen) atoms. The zero-order valence-electron chi connectivity index (χ0n) is 9.28. The number of rotatable bonds is 5. The molecule has 2 N–H and O–H groups in total. The molecule has 1 fully saturated rings. The van der Waals surface area contributed by atoms with Crippen molar-refractivity contribution < 1.29 is 5.11 Å². The zero-order valence-corrected chi connectivity index (χ0v) is 10.0. The largest absolute Gasteiger partial charge is 0.394 e. The molecule has 0 aliphatic heterocycles. The van der Waals surface area contributed by atoms with E-state index < -0.39 is 0 Å². The average Bonchev–Trinajstić information content (AvgIpc) is 3.08. The first-order valence-corrected chi connectivity index (χ1v) is 6.02. The van der Waals surface area contributed by atoms with Crippen LogP contribution < -0.4 is 5.32 Å². The van der Waals surface area contributed by atoms with E-state index in [0.29, 0.717) is 16.9 Å². The van der Waals surface area contributed by atoms with E-state index in [2.05, 4.69) is 15.3 Å². The SMILES string of the molecule is CC[C@@H](CO)Nc1cc(Cl)nc(C2CC2)n1. The Kier molecular flexibility index (Phi) is 3.61. The van der Waals surface area contributed by atoms with Crippen molar-refractivity contribution in [2.75, 3.05) is 11.9 Å². The number of hydrogen-bond acceptors (Lipinski definition) is 4. The Morgan fingerprint density at radius 1 is 1.56 bits per heavy atom. The van der Waals surface area contributed by atoms with Crippen molar-refractivity contribution in [1.29, 1.82) is 0 Å². The van der Waals surface area contributed by atoms with Gasteiger partial charge in [0.2, 0.25) is 0 Å². The van der Waals surface area contributed by atoms with Crippen molar-refractivity contribution >= 4 is 17.4 Å². The molecule has 1 aliphatic rings. The van der Waals surface area contributed by atoms with Crippen molar-refractivity contribution in [3.05, 3.63) is 17.0 Å². The number of nitrogens with one attached hydrogen (secondary N) is 1. The van der Waals surface area contributed by atoms with Crippen molar-refractivity contribution in [2.24, 2.45) is 0 Å². The first-order chi connectivity index (χ1) is 7.72. The van der Waals surface area contributed by atoms with Crippen molar-refractivity contribution in [2.45, 2.75) is 38.1 Å². The number of aromatic nitrogens is 2. The standard InChI is InChI=1S/C11H16ClN3O/c1-2-8(6-16)13-10-5-9(12)14-11(15-10)7-3-4-7/h5,7-8,16H,2-4,6H2,1H3,(H,13,14,15)/t8-/m0/s1. The van der Waals surface area contributed by atoms with Gasteiger partial charge in [0.25, 0.3) is 0 Å². The molecule has 1 heterocycles. The van der Waals surface area contributed by atoms with Gasteiger partial charge >= 0.3 is 0 Å². The molecule has 1 atom stereocenters. The van der Waals surface area contributed by atoms with Gasteiger partial charge in [-0.1, -0.05) is 18.5 Å². The summed E-state index contributed by atoms with van der Waals surface area (Å²) in [6.45, 7) is 2.11. The van der Waals surface area contributed by atoms with Gasteiger partial charge in [-0.2, -0.15) is 0 Å². The minimum atomic E-state index is 0.0259. The highest BCUT2D eigenvalue weighted by atomic mass is 35.5. The lowest BCUT2D eigenvalue weighted by Crippen LogP contribution is -2.23. The Morgan fingerprint density at radius 2 is 2.31 bits per heavy atom. The summed E-state index contributed by atoms with van der Waals surface area (Å²) in [6.07, 6.45) is 3.14. The van der Waals surface area contributed by atoms with Crippen LogP contribution in [0.5, 0.6) is 0 Å². The van der Waals surface area contributed by atoms with E-state index in [-0.39, 0.29) is 12.6 Å². The highest BCUT2D eigenvalue weighted by Crippen LogP contribution is 2.38. The lowest BCUT2D eigenvalue weighted by atomic mass is 10.2. The molecule has 5 heteroatoms. The molecule has 4 nitrogen and oxygen atoms in total. The van der Waals surface area contributed by atoms with Crippen molar-refractivity contribution in [3.8, 4) is 0 Å². The molecule has 0 aromatic carbocycles. The Bertz CT molecular complexity index is 364. The Balaban J connectivity index is 2.13. The molecule has 0 radical (unpaired) electrons. The maximum absolute atomic E-state index is 9.11. The van der Waals surface area contributed by atoms with Crippen LogP contribution in [0.25, 0.3) is 0 Å². The third-order valence-corrected chi connectivity index (χ3v) is 2.91. The van der Waals surface area contributed by atoms with E-state index in [1.54, 1.807) is 6.07 Å². The van der Waals surface area contributed by atoms with E-state index in [0.717, 1.165) is 25.1 Å². The van der Waals surface area contributed by atoms with Crippen LogP contribution in [0, 0.1) is 0 Å². The van der Waals surface area contributed by atoms with E-state index in [9.17, 15) is 0 Å². The van der Waals surface area contributed by atoms with Gasteiger partial charge in [0.1, 0.15) is 16.8 Å². The van der Waals surface area contributed by atoms with Crippen LogP contribution in [-0.2, 0) is 0 Å². The third kappa shape index (κ3) is 2.83. The molecule has 1 aliphatic carbocycles. The van der Waals surface area contributed by atoms with Crippen molar-refractivity contribution in [3.63, 3.8) is 0 Å². The molecule has 1 aromatic rings. The minimum Gasteiger partial charge on any atom is -0.394 e. The second kappa shape index (κ2) is 4.97. The Morgan fingerprint density at radius 3 is 2.88 bits per heavy atom. The van der Waals surface area contributed by atoms with Crippen LogP contribution in [0.15, 0.2) is 6.07 Å². The van der Waals surface area contributed by atoms with Crippen LogP contribution in [0.3, 0.4) is 0 Å². The van der Waals surface area contributed by atoms with Gasteiger partial charge in [-0.3, -0.25) is 0 Å². The van der Waals surface area contributed by atoms with Gasteiger partial charge in [-0.25, -0.2) is 9.97 Å². The lowest BCUT2D eigenvalue weighted by Gasteiger charge is -2.15. The predicted molar refractivity (Wildman–Crippen MR) is 63.8 cm³/mol. The summed E-state index contributed by atoms with van der Waals surface area (Å²) in [4.78, 5) is 8.62. The molecule has 2 rings (SSSR count). The summed E-state index contributed by atoms with van der Waals surface area (Å²) in [5, 5.41) is 12.7. The quantitative estimate of drug-likeness (QED) is 0.776. The normalized spacial score (nSPS) is 17.2. The number of aliphatic hydroxyl groups is 1. The fraction of sp³-hybridized carbons (Fsp3) is 0.636. The summed E-state index contributed by atoms with van der Waals surface area (Å²) in [5.74, 6) is 2.01. The first-order valence-electron chi connectivity index (χ1n) is 5.64. The van der Waals surface area contributed by atoms with Gasteiger partial charge in [0.05, 0.1) is 12.6 Å². The molecule has 0 bridgehead atoms. The van der Waals surface area contributed by atoms with Crippen LogP contribution >= 0.6 is 11.6 Å². The van der Waals surface area contributed by atoms with E-state index in [4.69, 9.17) is 16.7 Å². The maximum Gasteiger partial charge on any atom is 0.135 e. The summed E-state index contributed by atoms with van der Waals surface area (Å²) >= 11 is 5.94. The van der Waals surface area contributed by atoms with Gasteiger partial charge in [0.15, 0.2) is 0 Å². The van der Waals surface area contributed by atoms with Crippen LogP contribution in [-0.4, -0.2) is 27.7 Å². The molecule has 0 saturated heterocycles. The van der Waals surface area contributed by atoms with Gasteiger partial charge in [0, 0.05) is 12.0 Å². The Labute approximate surface area is 100 Å². The fourth-order valence-corrected chi connectivity index (χ4v) is 1.71. The second-order valence-corrected chi connectivity index (χ2v) is 4.53.